The molecule has 0 atom stereocenters. The van der Waals surface area contributed by atoms with Gasteiger partial charge >= 0.3 is 0 Å². The van der Waals surface area contributed by atoms with Crippen LogP contribution in [0, 0.1) is 0 Å². The molecule has 0 aliphatic carbocycles. The molecule has 1 aliphatic heterocycles. The molecule has 1 saturated heterocycles. The minimum Gasteiger partial charge on any atom is -0.492 e. The van der Waals surface area contributed by atoms with E-state index >= 15 is 0 Å². The minimum absolute atomic E-state index is 0.346. The predicted molar refractivity (Wildman–Crippen MR) is 82.1 cm³/mol. The number of thiazole rings is 1. The third-order valence-electron chi connectivity index (χ3n) is 3.57. The van der Waals surface area contributed by atoms with Crippen molar-refractivity contribution in [3.05, 3.63) is 30.6 Å². The maximum absolute atomic E-state index is 5.65. The molecule has 0 amide bonds. The molecule has 1 aliphatic rings. The number of aromatic nitrogens is 4. The Morgan fingerprint density at radius 3 is 2.86 bits per heavy atom. The molecule has 1 aromatic carbocycles. The Labute approximate surface area is 126 Å². The van der Waals surface area contributed by atoms with Gasteiger partial charge in [-0.1, -0.05) is 17.4 Å². The fraction of sp³-hybridized carbons (Fsp3) is 0.357. The quantitative estimate of drug-likeness (QED) is 0.740. The largest absolute Gasteiger partial charge is 0.492 e. The van der Waals surface area contributed by atoms with E-state index in [4.69, 9.17) is 9.72 Å². The zero-order chi connectivity index (χ0) is 14.2. The number of fused-ring (bicyclic) bond motifs is 1. The fourth-order valence-corrected chi connectivity index (χ4v) is 3.49. The standard InChI is InChI=1S/C14H15N5OS/c1-2-20-11-4-3-5-12-13(11)17-14(21-12)18-8-10(9-18)19-15-6-7-16-19/h3-7,10H,2,8-9H2,1H3. The zero-order valence-electron chi connectivity index (χ0n) is 11.6. The molecule has 21 heavy (non-hydrogen) atoms. The summed E-state index contributed by atoms with van der Waals surface area (Å²) in [6.45, 7) is 4.45. The lowest BCUT2D eigenvalue weighted by Gasteiger charge is -2.37. The van der Waals surface area contributed by atoms with Gasteiger partial charge in [0.05, 0.1) is 23.7 Å². The minimum atomic E-state index is 0.346. The topological polar surface area (TPSA) is 56.1 Å². The molecule has 0 unspecified atom stereocenters. The monoisotopic (exact) mass is 301 g/mol. The van der Waals surface area contributed by atoms with Crippen LogP contribution in [0.2, 0.25) is 0 Å². The zero-order valence-corrected chi connectivity index (χ0v) is 12.5. The lowest BCUT2D eigenvalue weighted by Crippen LogP contribution is -2.48. The van der Waals surface area contributed by atoms with Gasteiger partial charge in [0.15, 0.2) is 5.13 Å². The molecule has 0 spiro atoms. The van der Waals surface area contributed by atoms with Gasteiger partial charge in [-0.3, -0.25) is 0 Å². The van der Waals surface area contributed by atoms with Crippen molar-refractivity contribution in [3.8, 4) is 5.75 Å². The van der Waals surface area contributed by atoms with Crippen LogP contribution in [0.5, 0.6) is 5.75 Å². The molecular formula is C14H15N5OS. The lowest BCUT2D eigenvalue weighted by molar-refractivity contribution is 0.332. The maximum atomic E-state index is 5.65. The number of para-hydroxylation sites is 1. The van der Waals surface area contributed by atoms with Crippen LogP contribution in [0.25, 0.3) is 10.2 Å². The van der Waals surface area contributed by atoms with Gasteiger partial charge in [-0.05, 0) is 19.1 Å². The summed E-state index contributed by atoms with van der Waals surface area (Å²) in [5.74, 6) is 0.864. The van der Waals surface area contributed by atoms with Gasteiger partial charge in [0.1, 0.15) is 17.3 Å². The van der Waals surface area contributed by atoms with E-state index in [2.05, 4.69) is 21.2 Å². The molecule has 0 saturated carbocycles. The highest BCUT2D eigenvalue weighted by Gasteiger charge is 2.31. The Balaban J connectivity index is 1.57. The van der Waals surface area contributed by atoms with Crippen LogP contribution in [0.15, 0.2) is 30.6 Å². The molecule has 0 radical (unpaired) electrons. The van der Waals surface area contributed by atoms with E-state index in [0.717, 1.165) is 34.2 Å². The molecule has 0 N–H and O–H groups in total. The summed E-state index contributed by atoms with van der Waals surface area (Å²) in [7, 11) is 0. The summed E-state index contributed by atoms with van der Waals surface area (Å²) >= 11 is 1.71. The van der Waals surface area contributed by atoms with Gasteiger partial charge in [0.2, 0.25) is 0 Å². The number of ether oxygens (including phenoxy) is 1. The number of hydrogen-bond acceptors (Lipinski definition) is 6. The number of benzene rings is 1. The van der Waals surface area contributed by atoms with E-state index in [-0.39, 0.29) is 0 Å². The number of rotatable bonds is 4. The first kappa shape index (κ1) is 12.6. The van der Waals surface area contributed by atoms with E-state index in [1.807, 2.05) is 19.1 Å². The first-order valence-electron chi connectivity index (χ1n) is 6.98. The Morgan fingerprint density at radius 2 is 2.10 bits per heavy atom. The Bertz CT molecular complexity index is 748. The Hall–Kier alpha value is -2.15. The van der Waals surface area contributed by atoms with Crippen molar-refractivity contribution in [3.63, 3.8) is 0 Å². The second-order valence-electron chi connectivity index (χ2n) is 4.94. The highest BCUT2D eigenvalue weighted by Crippen LogP contribution is 2.37. The van der Waals surface area contributed by atoms with Crippen LogP contribution in [0.1, 0.15) is 13.0 Å². The molecule has 4 rings (SSSR count). The summed E-state index contributed by atoms with van der Waals surface area (Å²) in [5.41, 5.74) is 0.958. The SMILES string of the molecule is CCOc1cccc2sc(N3CC(n4nccn4)C3)nc12. The number of hydrogen-bond donors (Lipinski definition) is 0. The molecule has 2 aromatic heterocycles. The van der Waals surface area contributed by atoms with Crippen LogP contribution in [-0.2, 0) is 0 Å². The van der Waals surface area contributed by atoms with Crippen molar-refractivity contribution in [2.24, 2.45) is 0 Å². The number of nitrogens with zero attached hydrogens (tertiary/aromatic N) is 5. The van der Waals surface area contributed by atoms with E-state index < -0.39 is 0 Å². The summed E-state index contributed by atoms with van der Waals surface area (Å²) in [5, 5.41) is 9.42. The highest BCUT2D eigenvalue weighted by atomic mass is 32.1. The molecule has 0 bridgehead atoms. The highest BCUT2D eigenvalue weighted by molar-refractivity contribution is 7.22. The molecule has 108 valence electrons. The summed E-state index contributed by atoms with van der Waals surface area (Å²) in [4.78, 5) is 8.77. The van der Waals surface area contributed by atoms with Crippen LogP contribution in [0.3, 0.4) is 0 Å². The Kier molecular flexibility index (Phi) is 2.99. The van der Waals surface area contributed by atoms with Gasteiger partial charge < -0.3 is 9.64 Å². The first-order chi connectivity index (χ1) is 10.3. The summed E-state index contributed by atoms with van der Waals surface area (Å²) < 4.78 is 6.81. The van der Waals surface area contributed by atoms with E-state index in [1.54, 1.807) is 28.5 Å². The molecule has 1 fully saturated rings. The lowest BCUT2D eigenvalue weighted by atomic mass is 10.1. The molecule has 3 aromatic rings. The second-order valence-corrected chi connectivity index (χ2v) is 5.95. The molecular weight excluding hydrogens is 286 g/mol. The van der Waals surface area contributed by atoms with Crippen LogP contribution < -0.4 is 9.64 Å². The predicted octanol–water partition coefficient (Wildman–Crippen LogP) is 2.35. The van der Waals surface area contributed by atoms with E-state index in [9.17, 15) is 0 Å². The van der Waals surface area contributed by atoms with Gasteiger partial charge in [0, 0.05) is 13.1 Å². The third kappa shape index (κ3) is 2.13. The molecule has 7 heteroatoms. The average Bonchev–Trinajstić information content (AvgIpc) is 3.07. The number of anilines is 1. The van der Waals surface area contributed by atoms with E-state index in [0.29, 0.717) is 12.6 Å². The second kappa shape index (κ2) is 5.00. The first-order valence-corrected chi connectivity index (χ1v) is 7.80. The van der Waals surface area contributed by atoms with Crippen molar-refractivity contribution < 1.29 is 4.74 Å². The third-order valence-corrected chi connectivity index (χ3v) is 4.65. The molecule has 6 nitrogen and oxygen atoms in total. The molecule has 3 heterocycles. The summed E-state index contributed by atoms with van der Waals surface area (Å²) in [6.07, 6.45) is 3.43. The normalized spacial score (nSPS) is 15.4. The van der Waals surface area contributed by atoms with Crippen LogP contribution in [-0.4, -0.2) is 39.7 Å². The van der Waals surface area contributed by atoms with Crippen molar-refractivity contribution in [2.45, 2.75) is 13.0 Å². The van der Waals surface area contributed by atoms with Crippen LogP contribution >= 0.6 is 11.3 Å². The smallest absolute Gasteiger partial charge is 0.186 e. The van der Waals surface area contributed by atoms with E-state index in [1.165, 1.54) is 0 Å². The van der Waals surface area contributed by atoms with Crippen molar-refractivity contribution in [1.82, 2.24) is 20.0 Å². The van der Waals surface area contributed by atoms with Crippen molar-refractivity contribution in [1.29, 1.82) is 0 Å². The van der Waals surface area contributed by atoms with Gasteiger partial charge in [0.25, 0.3) is 0 Å². The van der Waals surface area contributed by atoms with Gasteiger partial charge in [-0.15, -0.1) is 0 Å². The Morgan fingerprint density at radius 1 is 1.29 bits per heavy atom. The van der Waals surface area contributed by atoms with Crippen molar-refractivity contribution in [2.75, 3.05) is 24.6 Å². The van der Waals surface area contributed by atoms with Crippen molar-refractivity contribution >= 4 is 26.7 Å². The average molecular weight is 301 g/mol. The summed E-state index contributed by atoms with van der Waals surface area (Å²) in [6, 6.07) is 6.42. The maximum Gasteiger partial charge on any atom is 0.186 e. The van der Waals surface area contributed by atoms with Crippen LogP contribution in [0.4, 0.5) is 5.13 Å². The van der Waals surface area contributed by atoms with Gasteiger partial charge in [-0.2, -0.15) is 15.0 Å². The van der Waals surface area contributed by atoms with Gasteiger partial charge in [-0.25, -0.2) is 4.98 Å². The fourth-order valence-electron chi connectivity index (χ4n) is 2.49.